The van der Waals surface area contributed by atoms with Crippen molar-refractivity contribution in [2.24, 2.45) is 0 Å². The summed E-state index contributed by atoms with van der Waals surface area (Å²) in [4.78, 5) is 15.2. The van der Waals surface area contributed by atoms with Gasteiger partial charge in [-0.15, -0.1) is 0 Å². The predicted octanol–water partition coefficient (Wildman–Crippen LogP) is 3.30. The SMILES string of the molecule is O=c1c(-c2ccccc2)c(N2CCOCC2)oc2ccccc12. The molecule has 2 aromatic carbocycles. The van der Waals surface area contributed by atoms with Gasteiger partial charge in [-0.2, -0.15) is 0 Å². The predicted molar refractivity (Wildman–Crippen MR) is 91.0 cm³/mol. The molecule has 4 nitrogen and oxygen atoms in total. The quantitative estimate of drug-likeness (QED) is 0.728. The van der Waals surface area contributed by atoms with Crippen LogP contribution in [0.3, 0.4) is 0 Å². The Morgan fingerprint density at radius 2 is 1.57 bits per heavy atom. The van der Waals surface area contributed by atoms with E-state index in [1.54, 1.807) is 0 Å². The van der Waals surface area contributed by atoms with Gasteiger partial charge in [0.25, 0.3) is 0 Å². The molecular weight excluding hydrogens is 290 g/mol. The van der Waals surface area contributed by atoms with E-state index >= 15 is 0 Å². The molecular formula is C19H17NO3. The van der Waals surface area contributed by atoms with Crippen molar-refractivity contribution in [2.45, 2.75) is 0 Å². The Bertz CT molecular complexity index is 880. The molecule has 0 aliphatic carbocycles. The summed E-state index contributed by atoms with van der Waals surface area (Å²) in [5, 5.41) is 0.614. The monoisotopic (exact) mass is 307 g/mol. The van der Waals surface area contributed by atoms with E-state index in [-0.39, 0.29) is 5.43 Å². The third-order valence-corrected chi connectivity index (χ3v) is 4.14. The van der Waals surface area contributed by atoms with E-state index in [1.165, 1.54) is 0 Å². The molecule has 4 rings (SSSR count). The number of hydrogen-bond acceptors (Lipinski definition) is 4. The number of benzene rings is 2. The molecule has 0 N–H and O–H groups in total. The van der Waals surface area contributed by atoms with Crippen LogP contribution < -0.4 is 10.3 Å². The normalized spacial score (nSPS) is 15.0. The van der Waals surface area contributed by atoms with Crippen molar-refractivity contribution in [3.05, 3.63) is 64.8 Å². The highest BCUT2D eigenvalue weighted by Crippen LogP contribution is 2.31. The maximum absolute atomic E-state index is 13.1. The van der Waals surface area contributed by atoms with Gasteiger partial charge in [0.05, 0.1) is 24.2 Å². The van der Waals surface area contributed by atoms with Gasteiger partial charge in [0.2, 0.25) is 11.3 Å². The molecule has 0 spiro atoms. The summed E-state index contributed by atoms with van der Waals surface area (Å²) in [6, 6.07) is 17.1. The minimum atomic E-state index is 0.0135. The zero-order valence-electron chi connectivity index (χ0n) is 12.7. The molecule has 2 heterocycles. The fraction of sp³-hybridized carbons (Fsp3) is 0.211. The highest BCUT2D eigenvalue weighted by molar-refractivity contribution is 5.87. The highest BCUT2D eigenvalue weighted by atomic mass is 16.5. The van der Waals surface area contributed by atoms with Gasteiger partial charge < -0.3 is 14.1 Å². The van der Waals surface area contributed by atoms with Crippen molar-refractivity contribution >= 4 is 16.9 Å². The van der Waals surface area contributed by atoms with Gasteiger partial charge in [0.15, 0.2) is 0 Å². The average Bonchev–Trinajstić information content (AvgIpc) is 2.63. The first-order valence-corrected chi connectivity index (χ1v) is 7.78. The maximum Gasteiger partial charge on any atom is 0.208 e. The molecule has 23 heavy (non-hydrogen) atoms. The zero-order valence-corrected chi connectivity index (χ0v) is 12.7. The van der Waals surface area contributed by atoms with E-state index in [2.05, 4.69) is 4.90 Å². The van der Waals surface area contributed by atoms with Gasteiger partial charge in [-0.25, -0.2) is 0 Å². The number of rotatable bonds is 2. The summed E-state index contributed by atoms with van der Waals surface area (Å²) in [5.41, 5.74) is 2.15. The van der Waals surface area contributed by atoms with Gasteiger partial charge in [-0.05, 0) is 17.7 Å². The molecule has 0 saturated carbocycles. The summed E-state index contributed by atoms with van der Waals surface area (Å²) in [6.45, 7) is 2.73. The van der Waals surface area contributed by atoms with E-state index in [0.717, 1.165) is 18.7 Å². The number of nitrogens with zero attached hydrogens (tertiary/aromatic N) is 1. The molecule has 1 saturated heterocycles. The Kier molecular flexibility index (Phi) is 3.60. The van der Waals surface area contributed by atoms with Gasteiger partial charge in [0.1, 0.15) is 5.58 Å². The topological polar surface area (TPSA) is 42.7 Å². The molecule has 3 aromatic rings. The second kappa shape index (κ2) is 5.89. The third kappa shape index (κ3) is 2.51. The summed E-state index contributed by atoms with van der Waals surface area (Å²) in [6.07, 6.45) is 0. The van der Waals surface area contributed by atoms with E-state index in [9.17, 15) is 4.79 Å². The first kappa shape index (κ1) is 14.0. The molecule has 1 aliphatic heterocycles. The molecule has 116 valence electrons. The van der Waals surface area contributed by atoms with Gasteiger partial charge in [0, 0.05) is 13.1 Å². The number of ether oxygens (including phenoxy) is 1. The summed E-state index contributed by atoms with van der Waals surface area (Å²) in [7, 11) is 0. The lowest BCUT2D eigenvalue weighted by molar-refractivity contribution is 0.121. The van der Waals surface area contributed by atoms with E-state index < -0.39 is 0 Å². The fourth-order valence-electron chi connectivity index (χ4n) is 2.98. The lowest BCUT2D eigenvalue weighted by atomic mass is 10.0. The number of para-hydroxylation sites is 1. The van der Waals surface area contributed by atoms with Crippen LogP contribution in [0.1, 0.15) is 0 Å². The van der Waals surface area contributed by atoms with Crippen molar-refractivity contribution in [3.63, 3.8) is 0 Å². The second-order valence-electron chi connectivity index (χ2n) is 5.57. The fourth-order valence-corrected chi connectivity index (χ4v) is 2.98. The van der Waals surface area contributed by atoms with Crippen molar-refractivity contribution in [1.82, 2.24) is 0 Å². The van der Waals surface area contributed by atoms with Crippen molar-refractivity contribution in [2.75, 3.05) is 31.2 Å². The second-order valence-corrected chi connectivity index (χ2v) is 5.57. The van der Waals surface area contributed by atoms with E-state index in [1.807, 2.05) is 54.6 Å². The van der Waals surface area contributed by atoms with Gasteiger partial charge >= 0.3 is 0 Å². The third-order valence-electron chi connectivity index (χ3n) is 4.14. The van der Waals surface area contributed by atoms with Crippen LogP contribution in [-0.2, 0) is 4.74 Å². The van der Waals surface area contributed by atoms with Crippen molar-refractivity contribution in [1.29, 1.82) is 0 Å². The molecule has 1 aliphatic rings. The Morgan fingerprint density at radius 3 is 2.35 bits per heavy atom. The van der Waals surface area contributed by atoms with Crippen molar-refractivity contribution < 1.29 is 9.15 Å². The first-order valence-electron chi connectivity index (χ1n) is 7.78. The van der Waals surface area contributed by atoms with Crippen LogP contribution in [0.15, 0.2) is 63.8 Å². The van der Waals surface area contributed by atoms with E-state index in [0.29, 0.717) is 35.6 Å². The zero-order chi connectivity index (χ0) is 15.6. The number of fused-ring (bicyclic) bond motifs is 1. The van der Waals surface area contributed by atoms with E-state index in [4.69, 9.17) is 9.15 Å². The molecule has 1 fully saturated rings. The Hall–Kier alpha value is -2.59. The first-order chi connectivity index (χ1) is 11.3. The van der Waals surface area contributed by atoms with Crippen LogP contribution in [-0.4, -0.2) is 26.3 Å². The molecule has 0 amide bonds. The maximum atomic E-state index is 13.1. The number of anilines is 1. The van der Waals surface area contributed by atoms with Crippen LogP contribution in [0.5, 0.6) is 0 Å². The Morgan fingerprint density at radius 1 is 0.870 bits per heavy atom. The lowest BCUT2D eigenvalue weighted by Crippen LogP contribution is -2.37. The Balaban J connectivity index is 2.00. The van der Waals surface area contributed by atoms with Crippen LogP contribution in [0.2, 0.25) is 0 Å². The van der Waals surface area contributed by atoms with Crippen LogP contribution in [0, 0.1) is 0 Å². The molecule has 0 bridgehead atoms. The average molecular weight is 307 g/mol. The van der Waals surface area contributed by atoms with Crippen LogP contribution >= 0.6 is 0 Å². The van der Waals surface area contributed by atoms with Crippen LogP contribution in [0.4, 0.5) is 5.88 Å². The highest BCUT2D eigenvalue weighted by Gasteiger charge is 2.22. The van der Waals surface area contributed by atoms with Gasteiger partial charge in [-0.1, -0.05) is 42.5 Å². The summed E-state index contributed by atoms with van der Waals surface area (Å²) in [5.74, 6) is 0.642. The molecule has 4 heteroatoms. The Labute approximate surface area is 133 Å². The van der Waals surface area contributed by atoms with Gasteiger partial charge in [-0.3, -0.25) is 4.79 Å². The molecule has 0 unspecified atom stereocenters. The lowest BCUT2D eigenvalue weighted by Gasteiger charge is -2.29. The standard InChI is InChI=1S/C19H17NO3/c21-18-15-8-4-5-9-16(15)23-19(20-10-12-22-13-11-20)17(18)14-6-2-1-3-7-14/h1-9H,10-13H2. The smallest absolute Gasteiger partial charge is 0.208 e. The minimum Gasteiger partial charge on any atom is -0.440 e. The summed E-state index contributed by atoms with van der Waals surface area (Å²) >= 11 is 0. The minimum absolute atomic E-state index is 0.0135. The number of hydrogen-bond donors (Lipinski definition) is 0. The number of morpholine rings is 1. The molecule has 0 atom stereocenters. The largest absolute Gasteiger partial charge is 0.440 e. The summed E-state index contributed by atoms with van der Waals surface area (Å²) < 4.78 is 11.6. The van der Waals surface area contributed by atoms with Crippen molar-refractivity contribution in [3.8, 4) is 11.1 Å². The molecule has 1 aromatic heterocycles. The molecule has 0 radical (unpaired) electrons. The van der Waals surface area contributed by atoms with Crippen LogP contribution in [0.25, 0.3) is 22.1 Å².